The highest BCUT2D eigenvalue weighted by Crippen LogP contribution is 2.34. The third kappa shape index (κ3) is 6.10. The van der Waals surface area contributed by atoms with Crippen molar-refractivity contribution in [1.29, 1.82) is 0 Å². The monoisotopic (exact) mass is 465 g/mol. The SMILES string of the molecule is CCS(=O)(=O)Nc1cc(C)ccc1CNc1nc(Nc2ccccc2)ncc1C(F)(F)F. The molecule has 0 unspecified atom stereocenters. The standard InChI is InChI=1S/C21H22F3N5O2S/c1-3-32(30,31)29-18-11-14(2)9-10-15(18)12-25-19-17(21(22,23)24)13-26-20(28-19)27-16-7-5-4-6-8-16/h4-11,13,29H,3,12H2,1-2H3,(H2,25,26,27,28). The summed E-state index contributed by atoms with van der Waals surface area (Å²) in [5.74, 6) is -0.565. The van der Waals surface area contributed by atoms with Gasteiger partial charge in [-0.1, -0.05) is 30.3 Å². The molecule has 0 atom stereocenters. The largest absolute Gasteiger partial charge is 0.421 e. The van der Waals surface area contributed by atoms with Gasteiger partial charge in [0.1, 0.15) is 11.4 Å². The molecule has 7 nitrogen and oxygen atoms in total. The van der Waals surface area contributed by atoms with Crippen LogP contribution in [0.5, 0.6) is 0 Å². The molecule has 2 aromatic carbocycles. The van der Waals surface area contributed by atoms with Gasteiger partial charge in [-0.2, -0.15) is 18.2 Å². The van der Waals surface area contributed by atoms with Crippen LogP contribution in [-0.4, -0.2) is 24.1 Å². The molecule has 11 heteroatoms. The second kappa shape index (κ2) is 9.43. The lowest BCUT2D eigenvalue weighted by Crippen LogP contribution is -2.18. The Morgan fingerprint density at radius 2 is 1.78 bits per heavy atom. The molecule has 0 spiro atoms. The molecule has 170 valence electrons. The van der Waals surface area contributed by atoms with Gasteiger partial charge in [0.2, 0.25) is 16.0 Å². The van der Waals surface area contributed by atoms with Crippen LogP contribution in [-0.2, 0) is 22.7 Å². The van der Waals surface area contributed by atoms with Crippen molar-refractivity contribution in [2.45, 2.75) is 26.6 Å². The summed E-state index contributed by atoms with van der Waals surface area (Å²) >= 11 is 0. The van der Waals surface area contributed by atoms with E-state index in [2.05, 4.69) is 25.3 Å². The molecule has 0 amide bonds. The number of para-hydroxylation sites is 1. The lowest BCUT2D eigenvalue weighted by Gasteiger charge is -2.17. The van der Waals surface area contributed by atoms with Gasteiger partial charge in [-0.15, -0.1) is 0 Å². The second-order valence-corrected chi connectivity index (χ2v) is 8.98. The number of halogens is 3. The van der Waals surface area contributed by atoms with Crippen molar-refractivity contribution in [2.75, 3.05) is 21.1 Å². The molecule has 0 aliphatic rings. The Balaban J connectivity index is 1.90. The Morgan fingerprint density at radius 3 is 2.44 bits per heavy atom. The van der Waals surface area contributed by atoms with Crippen LogP contribution in [0.4, 0.5) is 36.3 Å². The van der Waals surface area contributed by atoms with E-state index in [1.54, 1.807) is 55.5 Å². The highest BCUT2D eigenvalue weighted by molar-refractivity contribution is 7.92. The third-order valence-corrected chi connectivity index (χ3v) is 5.77. The van der Waals surface area contributed by atoms with E-state index in [9.17, 15) is 21.6 Å². The summed E-state index contributed by atoms with van der Waals surface area (Å²) in [5, 5.41) is 5.54. The number of alkyl halides is 3. The molecular formula is C21H22F3N5O2S. The maximum absolute atomic E-state index is 13.5. The summed E-state index contributed by atoms with van der Waals surface area (Å²) in [6, 6.07) is 13.8. The van der Waals surface area contributed by atoms with Crippen LogP contribution in [0.25, 0.3) is 0 Å². The average Bonchev–Trinajstić information content (AvgIpc) is 2.73. The van der Waals surface area contributed by atoms with Crippen LogP contribution in [0.2, 0.25) is 0 Å². The van der Waals surface area contributed by atoms with Crippen LogP contribution >= 0.6 is 0 Å². The number of hydrogen-bond donors (Lipinski definition) is 3. The number of aryl methyl sites for hydroxylation is 1. The fourth-order valence-electron chi connectivity index (χ4n) is 2.79. The minimum Gasteiger partial charge on any atom is -0.365 e. The van der Waals surface area contributed by atoms with E-state index in [0.29, 0.717) is 23.1 Å². The lowest BCUT2D eigenvalue weighted by atomic mass is 10.1. The molecule has 0 bridgehead atoms. The molecule has 3 aromatic rings. The van der Waals surface area contributed by atoms with E-state index in [0.717, 1.165) is 5.56 Å². The number of rotatable bonds is 8. The summed E-state index contributed by atoms with van der Waals surface area (Å²) in [5.41, 5.74) is 1.16. The van der Waals surface area contributed by atoms with Crippen molar-refractivity contribution in [1.82, 2.24) is 9.97 Å². The van der Waals surface area contributed by atoms with Gasteiger partial charge in [0.25, 0.3) is 0 Å². The molecule has 0 aliphatic heterocycles. The Morgan fingerprint density at radius 1 is 1.06 bits per heavy atom. The summed E-state index contributed by atoms with van der Waals surface area (Å²) < 4.78 is 67.0. The van der Waals surface area contributed by atoms with Gasteiger partial charge < -0.3 is 10.6 Å². The Bertz CT molecular complexity index is 1190. The van der Waals surface area contributed by atoms with Crippen molar-refractivity contribution >= 4 is 33.2 Å². The van der Waals surface area contributed by atoms with Crippen molar-refractivity contribution in [3.63, 3.8) is 0 Å². The quantitative estimate of drug-likeness (QED) is 0.437. The van der Waals surface area contributed by atoms with Gasteiger partial charge in [-0.3, -0.25) is 4.72 Å². The third-order valence-electron chi connectivity index (χ3n) is 4.48. The van der Waals surface area contributed by atoms with Gasteiger partial charge >= 0.3 is 6.18 Å². The molecule has 0 saturated carbocycles. The van der Waals surface area contributed by atoms with Gasteiger partial charge in [0.15, 0.2) is 0 Å². The van der Waals surface area contributed by atoms with Crippen molar-refractivity contribution < 1.29 is 21.6 Å². The Kier molecular flexibility index (Phi) is 6.87. The van der Waals surface area contributed by atoms with Crippen LogP contribution in [0, 0.1) is 6.92 Å². The molecule has 32 heavy (non-hydrogen) atoms. The number of nitrogens with zero attached hydrogens (tertiary/aromatic N) is 2. The fraction of sp³-hybridized carbons (Fsp3) is 0.238. The first-order valence-electron chi connectivity index (χ1n) is 9.67. The maximum Gasteiger partial charge on any atom is 0.421 e. The number of sulfonamides is 1. The van der Waals surface area contributed by atoms with E-state index in [-0.39, 0.29) is 18.2 Å². The first-order chi connectivity index (χ1) is 15.1. The number of anilines is 4. The number of benzene rings is 2. The summed E-state index contributed by atoms with van der Waals surface area (Å²) in [6.45, 7) is 3.19. The highest BCUT2D eigenvalue weighted by Gasteiger charge is 2.35. The Labute approximate surface area is 184 Å². The molecule has 0 saturated heterocycles. The molecule has 0 fully saturated rings. The van der Waals surface area contributed by atoms with Gasteiger partial charge in [0.05, 0.1) is 11.4 Å². The second-order valence-electron chi connectivity index (χ2n) is 6.96. The first-order valence-corrected chi connectivity index (χ1v) is 11.3. The molecule has 3 rings (SSSR count). The molecule has 1 heterocycles. The predicted octanol–water partition coefficient (Wildman–Crippen LogP) is 4.92. The summed E-state index contributed by atoms with van der Waals surface area (Å²) in [7, 11) is -3.56. The normalized spacial score (nSPS) is 11.8. The van der Waals surface area contributed by atoms with Crippen molar-refractivity contribution in [3.05, 3.63) is 71.4 Å². The predicted molar refractivity (Wildman–Crippen MR) is 118 cm³/mol. The average molecular weight is 466 g/mol. The van der Waals surface area contributed by atoms with Gasteiger partial charge in [-0.25, -0.2) is 13.4 Å². The van der Waals surface area contributed by atoms with E-state index in [1.165, 1.54) is 6.92 Å². The van der Waals surface area contributed by atoms with Gasteiger partial charge in [0, 0.05) is 18.4 Å². The van der Waals surface area contributed by atoms with Crippen molar-refractivity contribution in [2.24, 2.45) is 0 Å². The zero-order valence-electron chi connectivity index (χ0n) is 17.4. The fourth-order valence-corrected chi connectivity index (χ4v) is 3.46. The zero-order chi connectivity index (χ0) is 23.4. The minimum absolute atomic E-state index is 0.0116. The lowest BCUT2D eigenvalue weighted by molar-refractivity contribution is -0.137. The number of hydrogen-bond acceptors (Lipinski definition) is 6. The first kappa shape index (κ1) is 23.3. The molecule has 1 aromatic heterocycles. The van der Waals surface area contributed by atoms with E-state index in [4.69, 9.17) is 0 Å². The van der Waals surface area contributed by atoms with Crippen LogP contribution in [0.15, 0.2) is 54.7 Å². The van der Waals surface area contributed by atoms with E-state index >= 15 is 0 Å². The maximum atomic E-state index is 13.5. The topological polar surface area (TPSA) is 96.0 Å². The molecule has 3 N–H and O–H groups in total. The minimum atomic E-state index is -4.67. The number of aromatic nitrogens is 2. The highest BCUT2D eigenvalue weighted by atomic mass is 32.2. The van der Waals surface area contributed by atoms with Crippen LogP contribution < -0.4 is 15.4 Å². The number of nitrogens with one attached hydrogen (secondary N) is 3. The van der Waals surface area contributed by atoms with Crippen LogP contribution in [0.1, 0.15) is 23.6 Å². The zero-order valence-corrected chi connectivity index (χ0v) is 18.2. The smallest absolute Gasteiger partial charge is 0.365 e. The summed E-state index contributed by atoms with van der Waals surface area (Å²) in [6.07, 6.45) is -3.97. The van der Waals surface area contributed by atoms with Crippen LogP contribution in [0.3, 0.4) is 0 Å². The van der Waals surface area contributed by atoms with Gasteiger partial charge in [-0.05, 0) is 43.2 Å². The molecule has 0 radical (unpaired) electrons. The summed E-state index contributed by atoms with van der Waals surface area (Å²) in [4.78, 5) is 7.77. The molecular weight excluding hydrogens is 443 g/mol. The Hall–Kier alpha value is -3.34. The van der Waals surface area contributed by atoms with Crippen molar-refractivity contribution in [3.8, 4) is 0 Å². The molecule has 0 aliphatic carbocycles. The van der Waals surface area contributed by atoms with E-state index < -0.39 is 27.6 Å². The van der Waals surface area contributed by atoms with E-state index in [1.807, 2.05) is 0 Å².